The molecule has 4 aliphatic rings. The number of hydrogen-bond acceptors (Lipinski definition) is 2. The third kappa shape index (κ3) is 4.26. The lowest BCUT2D eigenvalue weighted by Gasteiger charge is -2.55. The highest BCUT2D eigenvalue weighted by Crippen LogP contribution is 2.66. The molecule has 2 heteroatoms. The van der Waals surface area contributed by atoms with Gasteiger partial charge >= 0.3 is 5.97 Å². The molecule has 1 unspecified atom stereocenters. The van der Waals surface area contributed by atoms with Crippen LogP contribution in [0.2, 0.25) is 0 Å². The van der Waals surface area contributed by atoms with Crippen LogP contribution in [0.3, 0.4) is 0 Å². The summed E-state index contributed by atoms with van der Waals surface area (Å²) in [5.74, 6) is 4.09. The fourth-order valence-corrected chi connectivity index (χ4v) is 8.79. The molecule has 0 spiro atoms. The van der Waals surface area contributed by atoms with Crippen LogP contribution in [0.15, 0.2) is 11.1 Å². The molecule has 0 aromatic carbocycles. The summed E-state index contributed by atoms with van der Waals surface area (Å²) >= 11 is 0. The molecule has 4 rings (SSSR count). The molecule has 0 aromatic heterocycles. The molecule has 0 aliphatic heterocycles. The first-order chi connectivity index (χ1) is 14.6. The Bertz CT molecular complexity index is 706. The molecule has 0 aromatic rings. The Balaban J connectivity index is 1.49. The van der Waals surface area contributed by atoms with Crippen molar-refractivity contribution in [2.45, 2.75) is 125 Å². The standard InChI is InChI=1S/C29H48O2/c1-19(2)8-7-9-20(3)25-12-13-26-24-11-10-22-18-23(31-21(4)30)14-16-28(22,5)27(24)15-17-29(25,26)6/h19-20,22-23,25-26H,7-18H2,1-6H3/t20-,22?,23+,25-,26+,28+,29-/m1/s1. The van der Waals surface area contributed by atoms with E-state index in [1.807, 2.05) is 11.1 Å². The Labute approximate surface area is 192 Å². The summed E-state index contributed by atoms with van der Waals surface area (Å²) < 4.78 is 5.64. The van der Waals surface area contributed by atoms with Crippen molar-refractivity contribution in [1.82, 2.24) is 0 Å². The molecule has 0 heterocycles. The Morgan fingerprint density at radius 3 is 2.52 bits per heavy atom. The maximum atomic E-state index is 11.5. The first-order valence-corrected chi connectivity index (χ1v) is 13.5. The van der Waals surface area contributed by atoms with Gasteiger partial charge in [-0.3, -0.25) is 4.79 Å². The highest BCUT2D eigenvalue weighted by atomic mass is 16.5. The van der Waals surface area contributed by atoms with E-state index in [4.69, 9.17) is 4.74 Å². The van der Waals surface area contributed by atoms with Crippen molar-refractivity contribution in [3.8, 4) is 0 Å². The van der Waals surface area contributed by atoms with E-state index in [9.17, 15) is 4.79 Å². The zero-order valence-corrected chi connectivity index (χ0v) is 21.3. The number of allylic oxidation sites excluding steroid dienone is 2. The van der Waals surface area contributed by atoms with Gasteiger partial charge in [0.15, 0.2) is 0 Å². The Kier molecular flexibility index (Phi) is 6.68. The van der Waals surface area contributed by atoms with Gasteiger partial charge in [-0.1, -0.05) is 65.0 Å². The highest BCUT2D eigenvalue weighted by molar-refractivity contribution is 5.66. The van der Waals surface area contributed by atoms with E-state index < -0.39 is 0 Å². The van der Waals surface area contributed by atoms with Crippen LogP contribution in [0.25, 0.3) is 0 Å². The number of carbonyl (C=O) groups is 1. The van der Waals surface area contributed by atoms with E-state index in [0.717, 1.165) is 36.5 Å². The first kappa shape index (κ1) is 23.4. The van der Waals surface area contributed by atoms with E-state index in [-0.39, 0.29) is 12.1 Å². The maximum Gasteiger partial charge on any atom is 0.302 e. The minimum Gasteiger partial charge on any atom is -0.463 e. The summed E-state index contributed by atoms with van der Waals surface area (Å²) in [6.07, 6.45) is 16.0. The molecule has 31 heavy (non-hydrogen) atoms. The number of hydrogen-bond donors (Lipinski definition) is 0. The number of ether oxygens (including phenoxy) is 1. The van der Waals surface area contributed by atoms with Crippen molar-refractivity contribution in [2.75, 3.05) is 0 Å². The van der Waals surface area contributed by atoms with E-state index in [2.05, 4.69) is 34.6 Å². The fraction of sp³-hybridized carbons (Fsp3) is 0.897. The summed E-state index contributed by atoms with van der Waals surface area (Å²) in [5, 5.41) is 0. The van der Waals surface area contributed by atoms with Crippen molar-refractivity contribution >= 4 is 5.97 Å². The van der Waals surface area contributed by atoms with Gasteiger partial charge in [0.25, 0.3) is 0 Å². The van der Waals surface area contributed by atoms with Crippen LogP contribution in [0.1, 0.15) is 119 Å². The Morgan fingerprint density at radius 1 is 1.03 bits per heavy atom. The third-order valence-electron chi connectivity index (χ3n) is 10.5. The zero-order valence-electron chi connectivity index (χ0n) is 21.3. The molecule has 7 atom stereocenters. The van der Waals surface area contributed by atoms with Crippen molar-refractivity contribution < 1.29 is 9.53 Å². The topological polar surface area (TPSA) is 26.3 Å². The monoisotopic (exact) mass is 428 g/mol. The lowest BCUT2D eigenvalue weighted by atomic mass is 9.50. The van der Waals surface area contributed by atoms with Crippen LogP contribution in [0.5, 0.6) is 0 Å². The van der Waals surface area contributed by atoms with Crippen molar-refractivity contribution in [3.63, 3.8) is 0 Å². The van der Waals surface area contributed by atoms with Crippen molar-refractivity contribution in [1.29, 1.82) is 0 Å². The maximum absolute atomic E-state index is 11.5. The van der Waals surface area contributed by atoms with Crippen LogP contribution in [-0.2, 0) is 9.53 Å². The highest BCUT2D eigenvalue weighted by Gasteiger charge is 2.56. The van der Waals surface area contributed by atoms with E-state index in [1.54, 1.807) is 6.92 Å². The SMILES string of the molecule is CC(=O)O[C@H]1CC[C@]2(C)C3=C(CCC2C1)[C@@H]1CC[C@H]([C@H](C)CCCC(C)C)[C@@]1(C)CC3. The number of fused-ring (bicyclic) bond motifs is 4. The van der Waals surface area contributed by atoms with Crippen LogP contribution >= 0.6 is 0 Å². The van der Waals surface area contributed by atoms with Crippen LogP contribution < -0.4 is 0 Å². The van der Waals surface area contributed by atoms with Gasteiger partial charge in [-0.25, -0.2) is 0 Å². The van der Waals surface area contributed by atoms with Crippen molar-refractivity contribution in [3.05, 3.63) is 11.1 Å². The van der Waals surface area contributed by atoms with E-state index in [1.165, 1.54) is 64.2 Å². The Hall–Kier alpha value is -0.790. The normalized spacial score (nSPS) is 40.9. The van der Waals surface area contributed by atoms with Crippen LogP contribution in [-0.4, -0.2) is 12.1 Å². The second kappa shape index (κ2) is 8.86. The largest absolute Gasteiger partial charge is 0.463 e. The molecular formula is C29H48O2. The number of esters is 1. The van der Waals surface area contributed by atoms with Gasteiger partial charge in [0.05, 0.1) is 0 Å². The molecule has 4 aliphatic carbocycles. The second-order valence-electron chi connectivity index (χ2n) is 12.7. The van der Waals surface area contributed by atoms with E-state index in [0.29, 0.717) is 16.7 Å². The molecular weight excluding hydrogens is 380 g/mol. The minimum atomic E-state index is -0.0998. The lowest BCUT2D eigenvalue weighted by molar-refractivity contribution is -0.150. The van der Waals surface area contributed by atoms with Gasteiger partial charge in [0.1, 0.15) is 6.10 Å². The summed E-state index contributed by atoms with van der Waals surface area (Å²) in [7, 11) is 0. The molecule has 0 radical (unpaired) electrons. The minimum absolute atomic E-state index is 0.0998. The molecule has 176 valence electrons. The van der Waals surface area contributed by atoms with Gasteiger partial charge < -0.3 is 4.74 Å². The molecule has 2 nitrogen and oxygen atoms in total. The van der Waals surface area contributed by atoms with Gasteiger partial charge in [-0.2, -0.15) is 0 Å². The quantitative estimate of drug-likeness (QED) is 0.315. The lowest BCUT2D eigenvalue weighted by Crippen LogP contribution is -2.46. The summed E-state index contributed by atoms with van der Waals surface area (Å²) in [4.78, 5) is 11.5. The van der Waals surface area contributed by atoms with Gasteiger partial charge in [-0.15, -0.1) is 0 Å². The second-order valence-corrected chi connectivity index (χ2v) is 12.7. The summed E-state index contributed by atoms with van der Waals surface area (Å²) in [5.41, 5.74) is 4.66. The molecule has 0 amide bonds. The molecule has 2 fully saturated rings. The first-order valence-electron chi connectivity index (χ1n) is 13.5. The molecule has 0 N–H and O–H groups in total. The molecule has 2 saturated carbocycles. The smallest absolute Gasteiger partial charge is 0.302 e. The van der Waals surface area contributed by atoms with Crippen LogP contribution in [0, 0.1) is 40.4 Å². The number of rotatable bonds is 6. The molecule has 0 saturated heterocycles. The van der Waals surface area contributed by atoms with E-state index >= 15 is 0 Å². The number of carbonyl (C=O) groups excluding carboxylic acids is 1. The zero-order chi connectivity index (χ0) is 22.4. The Morgan fingerprint density at radius 2 is 1.81 bits per heavy atom. The molecule has 0 bridgehead atoms. The third-order valence-corrected chi connectivity index (χ3v) is 10.5. The van der Waals surface area contributed by atoms with Crippen LogP contribution in [0.4, 0.5) is 0 Å². The summed E-state index contributed by atoms with van der Waals surface area (Å²) in [6, 6.07) is 0. The van der Waals surface area contributed by atoms with Gasteiger partial charge in [0, 0.05) is 6.92 Å². The van der Waals surface area contributed by atoms with Gasteiger partial charge in [0.2, 0.25) is 0 Å². The summed E-state index contributed by atoms with van der Waals surface area (Å²) in [6.45, 7) is 14.1. The average molecular weight is 429 g/mol. The van der Waals surface area contributed by atoms with Crippen molar-refractivity contribution in [2.24, 2.45) is 40.4 Å². The predicted molar refractivity (Wildman–Crippen MR) is 129 cm³/mol. The average Bonchev–Trinajstić information content (AvgIpc) is 3.05. The van der Waals surface area contributed by atoms with Gasteiger partial charge in [-0.05, 0) is 98.2 Å². The fourth-order valence-electron chi connectivity index (χ4n) is 8.79. The predicted octanol–water partition coefficient (Wildman–Crippen LogP) is 8.10.